The maximum atomic E-state index is 13.1. The lowest BCUT2D eigenvalue weighted by Crippen LogP contribution is -2.30. The molecule has 19 heteroatoms. The van der Waals surface area contributed by atoms with Gasteiger partial charge in [-0.3, -0.25) is 37.3 Å². The Balaban J connectivity index is 5.24. The molecule has 4 unspecified atom stereocenters. The molecule has 0 radical (unpaired) electrons. The summed E-state index contributed by atoms with van der Waals surface area (Å²) in [5, 5.41) is 10.6. The Labute approximate surface area is 568 Å². The summed E-state index contributed by atoms with van der Waals surface area (Å²) in [6.07, 6.45) is 47.3. The van der Waals surface area contributed by atoms with Gasteiger partial charge in [0.05, 0.1) is 26.4 Å². The van der Waals surface area contributed by atoms with E-state index in [4.69, 9.17) is 37.0 Å². The highest BCUT2D eigenvalue weighted by Gasteiger charge is 2.30. The van der Waals surface area contributed by atoms with Crippen molar-refractivity contribution in [3.05, 3.63) is 0 Å². The van der Waals surface area contributed by atoms with E-state index in [2.05, 4.69) is 55.4 Å². The molecule has 3 N–H and O–H groups in total. The summed E-state index contributed by atoms with van der Waals surface area (Å²) in [7, 11) is -9.91. The minimum Gasteiger partial charge on any atom is -0.462 e. The zero-order chi connectivity index (χ0) is 68.9. The Kier molecular flexibility index (Phi) is 62.2. The Morgan fingerprint density at radius 2 is 0.516 bits per heavy atom. The van der Waals surface area contributed by atoms with Crippen molar-refractivity contribution in [2.45, 2.75) is 388 Å². The van der Waals surface area contributed by atoms with Gasteiger partial charge in [-0.15, -0.1) is 0 Å². The van der Waals surface area contributed by atoms with Crippen LogP contribution in [0, 0.1) is 23.7 Å². The quantitative estimate of drug-likeness (QED) is 0.0222. The number of hydrogen-bond donors (Lipinski definition) is 3. The zero-order valence-electron chi connectivity index (χ0n) is 60.9. The van der Waals surface area contributed by atoms with Crippen molar-refractivity contribution in [1.29, 1.82) is 0 Å². The number of phosphoric ester groups is 2. The lowest BCUT2D eigenvalue weighted by Gasteiger charge is -2.21. The lowest BCUT2D eigenvalue weighted by molar-refractivity contribution is -0.161. The molecule has 0 saturated carbocycles. The average Bonchev–Trinajstić information content (AvgIpc) is 1.53. The summed E-state index contributed by atoms with van der Waals surface area (Å²) >= 11 is 0. The fourth-order valence-corrected chi connectivity index (χ4v) is 12.7. The summed E-state index contributed by atoms with van der Waals surface area (Å²) in [6.45, 7) is 14.1. The predicted octanol–water partition coefficient (Wildman–Crippen LogP) is 21.3. The fourth-order valence-electron chi connectivity index (χ4n) is 11.1. The van der Waals surface area contributed by atoms with E-state index in [0.717, 1.165) is 120 Å². The number of carbonyl (C=O) groups is 4. The maximum Gasteiger partial charge on any atom is 0.472 e. The molecule has 0 spiro atoms. The lowest BCUT2D eigenvalue weighted by atomic mass is 10.00. The van der Waals surface area contributed by atoms with Crippen molar-refractivity contribution in [2.75, 3.05) is 39.6 Å². The molecule has 93 heavy (non-hydrogen) atoms. The predicted molar refractivity (Wildman–Crippen MR) is 377 cm³/mol. The molecule has 7 atom stereocenters. The molecule has 0 saturated heterocycles. The molecule has 0 aromatic heterocycles. The molecule has 0 aliphatic carbocycles. The van der Waals surface area contributed by atoms with E-state index in [0.29, 0.717) is 25.7 Å². The van der Waals surface area contributed by atoms with Gasteiger partial charge in [0.1, 0.15) is 19.3 Å². The first-order valence-electron chi connectivity index (χ1n) is 38.3. The van der Waals surface area contributed by atoms with Crippen molar-refractivity contribution in [3.8, 4) is 0 Å². The van der Waals surface area contributed by atoms with Crippen molar-refractivity contribution < 1.29 is 80.2 Å². The van der Waals surface area contributed by atoms with Crippen molar-refractivity contribution in [3.63, 3.8) is 0 Å². The van der Waals surface area contributed by atoms with Crippen LogP contribution >= 0.6 is 15.6 Å². The van der Waals surface area contributed by atoms with Crippen LogP contribution in [-0.4, -0.2) is 96.7 Å². The summed E-state index contributed by atoms with van der Waals surface area (Å²) in [4.78, 5) is 72.7. The van der Waals surface area contributed by atoms with Crippen LogP contribution in [-0.2, 0) is 65.4 Å². The molecule has 0 rings (SSSR count). The third-order valence-corrected chi connectivity index (χ3v) is 19.7. The summed E-state index contributed by atoms with van der Waals surface area (Å²) in [6, 6.07) is 0. The first-order chi connectivity index (χ1) is 44.7. The number of aliphatic hydroxyl groups is 1. The number of esters is 4. The van der Waals surface area contributed by atoms with Gasteiger partial charge in [-0.2, -0.15) is 0 Å². The molecule has 0 fully saturated rings. The van der Waals surface area contributed by atoms with Gasteiger partial charge in [0.15, 0.2) is 12.2 Å². The summed E-state index contributed by atoms with van der Waals surface area (Å²) < 4.78 is 68.4. The van der Waals surface area contributed by atoms with Crippen LogP contribution in [0.25, 0.3) is 0 Å². The maximum absolute atomic E-state index is 13.1. The van der Waals surface area contributed by atoms with Gasteiger partial charge in [0.2, 0.25) is 0 Å². The van der Waals surface area contributed by atoms with Crippen molar-refractivity contribution in [1.82, 2.24) is 0 Å². The molecule has 17 nitrogen and oxygen atoms in total. The Morgan fingerprint density at radius 1 is 0.301 bits per heavy atom. The molecular formula is C74H144O17P2. The Morgan fingerprint density at radius 3 is 0.763 bits per heavy atom. The minimum absolute atomic E-state index is 0.102. The zero-order valence-corrected chi connectivity index (χ0v) is 62.7. The molecular weight excluding hydrogens is 1220 g/mol. The SMILES string of the molecule is CCC(C)CCCCCCCCC(=O)OC[C@H](COP(=O)(O)OC[C@H](O)COP(=O)(O)OC[C@@H](COC(=O)CCCCCCCCCCCCCCCC(C)C)OC(=O)CCCCCCCCCCCCCCCCC(C)C)OC(=O)CCCCCCCCC(C)CC. The van der Waals surface area contributed by atoms with Crippen LogP contribution in [0.5, 0.6) is 0 Å². The van der Waals surface area contributed by atoms with Crippen LogP contribution in [0.2, 0.25) is 0 Å². The van der Waals surface area contributed by atoms with Crippen molar-refractivity contribution >= 4 is 39.5 Å². The van der Waals surface area contributed by atoms with Gasteiger partial charge >= 0.3 is 39.5 Å². The normalized spacial score (nSPS) is 14.8. The van der Waals surface area contributed by atoms with Gasteiger partial charge in [0, 0.05) is 25.7 Å². The number of aliphatic hydroxyl groups excluding tert-OH is 1. The molecule has 0 bridgehead atoms. The molecule has 0 aromatic carbocycles. The Hall–Kier alpha value is -1.94. The number of hydrogen-bond acceptors (Lipinski definition) is 15. The van der Waals surface area contributed by atoms with Crippen LogP contribution in [0.4, 0.5) is 0 Å². The van der Waals surface area contributed by atoms with Crippen molar-refractivity contribution in [2.24, 2.45) is 23.7 Å². The summed E-state index contributed by atoms with van der Waals surface area (Å²) in [5.74, 6) is 0.910. The molecule has 552 valence electrons. The van der Waals surface area contributed by atoms with E-state index in [1.807, 2.05) is 0 Å². The molecule has 0 aliphatic heterocycles. The van der Waals surface area contributed by atoms with E-state index in [-0.39, 0.29) is 25.7 Å². The first kappa shape index (κ1) is 91.1. The van der Waals surface area contributed by atoms with Gasteiger partial charge in [-0.1, -0.05) is 319 Å². The van der Waals surface area contributed by atoms with Crippen LogP contribution in [0.1, 0.15) is 370 Å². The van der Waals surface area contributed by atoms with Gasteiger partial charge in [0.25, 0.3) is 0 Å². The van der Waals surface area contributed by atoms with Crippen LogP contribution < -0.4 is 0 Å². The molecule has 0 heterocycles. The van der Waals surface area contributed by atoms with E-state index in [1.54, 1.807) is 0 Å². The van der Waals surface area contributed by atoms with Gasteiger partial charge in [-0.05, 0) is 49.4 Å². The van der Waals surface area contributed by atoms with E-state index in [9.17, 15) is 43.2 Å². The van der Waals surface area contributed by atoms with Gasteiger partial charge < -0.3 is 33.8 Å². The van der Waals surface area contributed by atoms with Crippen LogP contribution in [0.3, 0.4) is 0 Å². The highest BCUT2D eigenvalue weighted by molar-refractivity contribution is 7.47. The Bertz CT molecular complexity index is 1840. The number of rotatable bonds is 71. The second-order valence-corrected chi connectivity index (χ2v) is 31.0. The number of unbranched alkanes of at least 4 members (excludes halogenated alkanes) is 35. The number of carbonyl (C=O) groups excluding carboxylic acids is 4. The number of ether oxygens (including phenoxy) is 4. The highest BCUT2D eigenvalue weighted by atomic mass is 31.2. The minimum atomic E-state index is -4.96. The van der Waals surface area contributed by atoms with E-state index in [1.165, 1.54) is 167 Å². The third-order valence-electron chi connectivity index (χ3n) is 17.8. The smallest absolute Gasteiger partial charge is 0.462 e. The highest BCUT2D eigenvalue weighted by Crippen LogP contribution is 2.45. The second-order valence-electron chi connectivity index (χ2n) is 28.1. The molecule has 0 aliphatic rings. The first-order valence-corrected chi connectivity index (χ1v) is 41.3. The summed E-state index contributed by atoms with van der Waals surface area (Å²) in [5.41, 5.74) is 0. The van der Waals surface area contributed by atoms with E-state index < -0.39 is 97.5 Å². The van der Waals surface area contributed by atoms with Crippen LogP contribution in [0.15, 0.2) is 0 Å². The van der Waals surface area contributed by atoms with E-state index >= 15 is 0 Å². The third kappa shape index (κ3) is 65.8. The van der Waals surface area contributed by atoms with Gasteiger partial charge in [-0.25, -0.2) is 9.13 Å². The molecule has 0 amide bonds. The fraction of sp³-hybridized carbons (Fsp3) is 0.946. The second kappa shape index (κ2) is 63.5. The number of phosphoric acid groups is 2. The monoisotopic (exact) mass is 1370 g/mol. The molecule has 0 aromatic rings. The average molecular weight is 1370 g/mol. The largest absolute Gasteiger partial charge is 0.472 e. The standard InChI is InChI=1S/C74H144O17P2/c1-9-66(7)52-44-36-30-32-39-47-55-72(77)85-61-70(91-74(79)57-49-41-33-31-37-45-53-67(8)10-2)63-89-93(82,83)87-59-68(75)58-86-92(80,81)88-62-69(60-84-71(76)54-46-38-28-24-20-17-13-15-19-23-27-35-43-51-65(5)6)90-73(78)56-48-40-29-25-21-16-12-11-14-18-22-26-34-42-50-64(3)4/h64-70,75H,9-63H2,1-8H3,(H,80,81)(H,82,83)/t66?,67?,68-,69-,70-/m1/s1. The topological polar surface area (TPSA) is 237 Å².